The van der Waals surface area contributed by atoms with Crippen molar-refractivity contribution >= 4 is 5.96 Å². The average molecular weight is 200 g/mol. The SMILES string of the molecule is CCN(C)CCNC(=NC)NC(C)C. The second-order valence-corrected chi connectivity index (χ2v) is 3.69. The van der Waals surface area contributed by atoms with E-state index in [0.29, 0.717) is 6.04 Å². The van der Waals surface area contributed by atoms with E-state index in [1.54, 1.807) is 7.05 Å². The van der Waals surface area contributed by atoms with Gasteiger partial charge in [-0.15, -0.1) is 0 Å². The minimum atomic E-state index is 0.421. The van der Waals surface area contributed by atoms with Crippen LogP contribution in [0.3, 0.4) is 0 Å². The van der Waals surface area contributed by atoms with Crippen molar-refractivity contribution in [1.29, 1.82) is 0 Å². The average Bonchev–Trinajstić information content (AvgIpc) is 2.15. The Hall–Kier alpha value is -0.770. The zero-order chi connectivity index (χ0) is 11.0. The van der Waals surface area contributed by atoms with Gasteiger partial charge in [0.05, 0.1) is 0 Å². The van der Waals surface area contributed by atoms with Crippen molar-refractivity contribution in [3.8, 4) is 0 Å². The van der Waals surface area contributed by atoms with Crippen LogP contribution in [0.15, 0.2) is 4.99 Å². The van der Waals surface area contributed by atoms with E-state index in [0.717, 1.165) is 25.6 Å². The second kappa shape index (κ2) is 7.62. The van der Waals surface area contributed by atoms with Crippen LogP contribution in [-0.2, 0) is 0 Å². The summed E-state index contributed by atoms with van der Waals surface area (Å²) >= 11 is 0. The molecule has 0 bridgehead atoms. The summed E-state index contributed by atoms with van der Waals surface area (Å²) in [5.74, 6) is 0.879. The van der Waals surface area contributed by atoms with Crippen LogP contribution in [-0.4, -0.2) is 50.6 Å². The molecule has 0 unspecified atom stereocenters. The summed E-state index contributed by atoms with van der Waals surface area (Å²) in [5, 5.41) is 6.50. The predicted molar refractivity (Wildman–Crippen MR) is 62.8 cm³/mol. The Morgan fingerprint density at radius 3 is 2.50 bits per heavy atom. The highest BCUT2D eigenvalue weighted by molar-refractivity contribution is 5.79. The van der Waals surface area contributed by atoms with Gasteiger partial charge in [0, 0.05) is 26.2 Å². The fraction of sp³-hybridized carbons (Fsp3) is 0.900. The normalized spacial score (nSPS) is 12.4. The Bertz CT molecular complexity index is 166. The molecule has 0 saturated heterocycles. The predicted octanol–water partition coefficient (Wildman–Crippen LogP) is 0.512. The van der Waals surface area contributed by atoms with Crippen LogP contribution in [0, 0.1) is 0 Å². The Balaban J connectivity index is 3.64. The van der Waals surface area contributed by atoms with Crippen LogP contribution >= 0.6 is 0 Å². The summed E-state index contributed by atoms with van der Waals surface area (Å²) < 4.78 is 0. The smallest absolute Gasteiger partial charge is 0.191 e. The van der Waals surface area contributed by atoms with Crippen molar-refractivity contribution in [1.82, 2.24) is 15.5 Å². The van der Waals surface area contributed by atoms with Gasteiger partial charge in [-0.1, -0.05) is 6.92 Å². The van der Waals surface area contributed by atoms with E-state index in [4.69, 9.17) is 0 Å². The fourth-order valence-electron chi connectivity index (χ4n) is 0.991. The van der Waals surface area contributed by atoms with Gasteiger partial charge in [-0.3, -0.25) is 4.99 Å². The summed E-state index contributed by atoms with van der Waals surface area (Å²) in [4.78, 5) is 6.39. The highest BCUT2D eigenvalue weighted by atomic mass is 15.2. The van der Waals surface area contributed by atoms with Crippen LogP contribution < -0.4 is 10.6 Å². The summed E-state index contributed by atoms with van der Waals surface area (Å²) in [6.45, 7) is 9.40. The molecule has 0 heterocycles. The first kappa shape index (κ1) is 13.2. The fourth-order valence-corrected chi connectivity index (χ4v) is 0.991. The van der Waals surface area contributed by atoms with E-state index in [2.05, 4.69) is 48.3 Å². The van der Waals surface area contributed by atoms with Crippen LogP contribution in [0.5, 0.6) is 0 Å². The lowest BCUT2D eigenvalue weighted by molar-refractivity contribution is 0.357. The maximum absolute atomic E-state index is 4.13. The Labute approximate surface area is 87.8 Å². The molecule has 0 atom stereocenters. The molecule has 84 valence electrons. The lowest BCUT2D eigenvalue weighted by atomic mass is 10.4. The molecule has 0 aromatic rings. The van der Waals surface area contributed by atoms with Crippen LogP contribution in [0.2, 0.25) is 0 Å². The van der Waals surface area contributed by atoms with Gasteiger partial charge in [-0.25, -0.2) is 0 Å². The third-order valence-corrected chi connectivity index (χ3v) is 1.97. The Morgan fingerprint density at radius 2 is 2.07 bits per heavy atom. The number of likely N-dealkylation sites (N-methyl/N-ethyl adjacent to an activating group) is 1. The number of aliphatic imine (C=N–C) groups is 1. The monoisotopic (exact) mass is 200 g/mol. The Kier molecular flexibility index (Phi) is 7.20. The topological polar surface area (TPSA) is 39.7 Å². The van der Waals surface area contributed by atoms with Gasteiger partial charge in [-0.2, -0.15) is 0 Å². The molecule has 14 heavy (non-hydrogen) atoms. The first-order chi connectivity index (χ1) is 6.60. The van der Waals surface area contributed by atoms with Crippen LogP contribution in [0.25, 0.3) is 0 Å². The van der Waals surface area contributed by atoms with E-state index >= 15 is 0 Å². The van der Waals surface area contributed by atoms with Crippen molar-refractivity contribution in [3.63, 3.8) is 0 Å². The van der Waals surface area contributed by atoms with Gasteiger partial charge in [0.15, 0.2) is 5.96 Å². The van der Waals surface area contributed by atoms with Gasteiger partial charge in [0.25, 0.3) is 0 Å². The van der Waals surface area contributed by atoms with Crippen molar-refractivity contribution < 1.29 is 0 Å². The third kappa shape index (κ3) is 6.71. The van der Waals surface area contributed by atoms with Gasteiger partial charge in [0.2, 0.25) is 0 Å². The van der Waals surface area contributed by atoms with Crippen molar-refractivity contribution in [3.05, 3.63) is 0 Å². The molecule has 0 rings (SSSR count). The van der Waals surface area contributed by atoms with Crippen molar-refractivity contribution in [2.45, 2.75) is 26.8 Å². The van der Waals surface area contributed by atoms with E-state index in [-0.39, 0.29) is 0 Å². The molecule has 0 amide bonds. The first-order valence-electron chi connectivity index (χ1n) is 5.25. The number of hydrogen-bond donors (Lipinski definition) is 2. The van der Waals surface area contributed by atoms with Crippen LogP contribution in [0.1, 0.15) is 20.8 Å². The number of hydrogen-bond acceptors (Lipinski definition) is 2. The van der Waals surface area contributed by atoms with Crippen LogP contribution in [0.4, 0.5) is 0 Å². The number of rotatable bonds is 5. The maximum Gasteiger partial charge on any atom is 0.191 e. The minimum Gasteiger partial charge on any atom is -0.355 e. The maximum atomic E-state index is 4.13. The molecule has 0 aromatic heterocycles. The molecular formula is C10H24N4. The highest BCUT2D eigenvalue weighted by Crippen LogP contribution is 1.80. The quantitative estimate of drug-likeness (QED) is 0.502. The molecule has 4 heteroatoms. The molecule has 0 aliphatic carbocycles. The van der Waals surface area contributed by atoms with Crippen molar-refractivity contribution in [2.24, 2.45) is 4.99 Å². The van der Waals surface area contributed by atoms with E-state index < -0.39 is 0 Å². The standard InChI is InChI=1S/C10H24N4/c1-6-14(5)8-7-12-10(11-4)13-9(2)3/h9H,6-8H2,1-5H3,(H2,11,12,13). The summed E-state index contributed by atoms with van der Waals surface area (Å²) in [6, 6.07) is 0.421. The molecule has 0 aromatic carbocycles. The molecule has 0 spiro atoms. The molecule has 0 fully saturated rings. The lowest BCUT2D eigenvalue weighted by Gasteiger charge is -2.17. The molecule has 0 radical (unpaired) electrons. The zero-order valence-electron chi connectivity index (χ0n) is 10.1. The number of nitrogens with zero attached hydrogens (tertiary/aromatic N) is 2. The first-order valence-corrected chi connectivity index (χ1v) is 5.25. The van der Waals surface area contributed by atoms with E-state index in [9.17, 15) is 0 Å². The third-order valence-electron chi connectivity index (χ3n) is 1.97. The van der Waals surface area contributed by atoms with E-state index in [1.165, 1.54) is 0 Å². The number of guanidine groups is 1. The van der Waals surface area contributed by atoms with Gasteiger partial charge in [0.1, 0.15) is 0 Å². The summed E-state index contributed by atoms with van der Waals surface area (Å²) in [6.07, 6.45) is 0. The largest absolute Gasteiger partial charge is 0.355 e. The van der Waals surface area contributed by atoms with Gasteiger partial charge in [-0.05, 0) is 27.4 Å². The lowest BCUT2D eigenvalue weighted by Crippen LogP contribution is -2.43. The highest BCUT2D eigenvalue weighted by Gasteiger charge is 1.99. The van der Waals surface area contributed by atoms with Gasteiger partial charge >= 0.3 is 0 Å². The molecular weight excluding hydrogens is 176 g/mol. The second-order valence-electron chi connectivity index (χ2n) is 3.69. The molecule has 0 saturated carbocycles. The Morgan fingerprint density at radius 1 is 1.43 bits per heavy atom. The minimum absolute atomic E-state index is 0.421. The van der Waals surface area contributed by atoms with Gasteiger partial charge < -0.3 is 15.5 Å². The van der Waals surface area contributed by atoms with Crippen molar-refractivity contribution in [2.75, 3.05) is 33.7 Å². The van der Waals surface area contributed by atoms with E-state index in [1.807, 2.05) is 0 Å². The zero-order valence-corrected chi connectivity index (χ0v) is 10.1. The number of nitrogens with one attached hydrogen (secondary N) is 2. The summed E-state index contributed by atoms with van der Waals surface area (Å²) in [7, 11) is 3.90. The summed E-state index contributed by atoms with van der Waals surface area (Å²) in [5.41, 5.74) is 0. The molecule has 0 aliphatic rings. The molecule has 0 aliphatic heterocycles. The molecule has 4 nitrogen and oxygen atoms in total. The molecule has 2 N–H and O–H groups in total.